The van der Waals surface area contributed by atoms with Gasteiger partial charge in [0.25, 0.3) is 5.91 Å². The van der Waals surface area contributed by atoms with Crippen LogP contribution in [-0.2, 0) is 4.74 Å². The van der Waals surface area contributed by atoms with Gasteiger partial charge < -0.3 is 15.4 Å². The number of hydrogen-bond donors (Lipinski definition) is 2. The van der Waals surface area contributed by atoms with Crippen molar-refractivity contribution in [3.05, 3.63) is 33.1 Å². The first-order chi connectivity index (χ1) is 12.3. The lowest BCUT2D eigenvalue weighted by Gasteiger charge is -2.32. The van der Waals surface area contributed by atoms with Gasteiger partial charge in [-0.25, -0.2) is 4.68 Å². The zero-order valence-corrected chi connectivity index (χ0v) is 15.2. The van der Waals surface area contributed by atoms with Gasteiger partial charge in [0, 0.05) is 25.0 Å². The van der Waals surface area contributed by atoms with E-state index in [9.17, 15) is 18.0 Å². The topological polar surface area (TPSA) is 68.2 Å². The number of hydrogen-bond acceptors (Lipinski definition) is 5. The fourth-order valence-electron chi connectivity index (χ4n) is 2.76. The minimum absolute atomic E-state index is 0.00414. The second kappa shape index (κ2) is 7.45. The maximum atomic E-state index is 13.6. The van der Waals surface area contributed by atoms with Crippen molar-refractivity contribution >= 4 is 34.7 Å². The summed E-state index contributed by atoms with van der Waals surface area (Å²) in [7, 11) is 1.47. The Hall–Kier alpha value is -1.78. The molecule has 2 aromatic rings. The number of thiophene rings is 1. The van der Waals surface area contributed by atoms with Crippen molar-refractivity contribution < 1.29 is 22.7 Å². The number of fused-ring (bicyclic) bond motifs is 1. The SMILES string of the molecule is COCCNC(=O)c1nn2c(c1Cl)N[C@H](c1cccs1)C[C@H]2C(F)(F)F. The standard InChI is InChI=1S/C15H16ClF3N4O2S/c1-25-5-4-20-14(24)12-11(16)13-21-8(9-3-2-6-26-9)7-10(15(17,18)19)23(13)22-12/h2-3,6,8,10,21H,4-5,7H2,1H3,(H,20,24)/t8-,10-/m0/s1. The Morgan fingerprint density at radius 2 is 2.35 bits per heavy atom. The van der Waals surface area contributed by atoms with Crippen LogP contribution in [0.2, 0.25) is 5.02 Å². The van der Waals surface area contributed by atoms with Gasteiger partial charge in [-0.3, -0.25) is 4.79 Å². The Morgan fingerprint density at radius 1 is 1.58 bits per heavy atom. The number of nitrogens with one attached hydrogen (secondary N) is 2. The molecule has 0 saturated carbocycles. The smallest absolute Gasteiger partial charge is 0.383 e. The lowest BCUT2D eigenvalue weighted by Crippen LogP contribution is -2.35. The van der Waals surface area contributed by atoms with Gasteiger partial charge in [-0.15, -0.1) is 11.3 Å². The predicted molar refractivity (Wildman–Crippen MR) is 91.8 cm³/mol. The fraction of sp³-hybridized carbons (Fsp3) is 0.467. The highest BCUT2D eigenvalue weighted by molar-refractivity contribution is 7.10. The Morgan fingerprint density at radius 3 is 2.96 bits per heavy atom. The lowest BCUT2D eigenvalue weighted by molar-refractivity contribution is -0.173. The highest BCUT2D eigenvalue weighted by atomic mass is 35.5. The Kier molecular flexibility index (Phi) is 5.44. The van der Waals surface area contributed by atoms with Gasteiger partial charge in [-0.05, 0) is 11.4 Å². The summed E-state index contributed by atoms with van der Waals surface area (Å²) >= 11 is 7.54. The van der Waals surface area contributed by atoms with Crippen LogP contribution in [0, 0.1) is 0 Å². The molecular formula is C15H16ClF3N4O2S. The van der Waals surface area contributed by atoms with Gasteiger partial charge in [0.05, 0.1) is 12.6 Å². The summed E-state index contributed by atoms with van der Waals surface area (Å²) < 4.78 is 46.3. The molecule has 0 fully saturated rings. The van der Waals surface area contributed by atoms with Crippen molar-refractivity contribution in [2.24, 2.45) is 0 Å². The van der Waals surface area contributed by atoms with Crippen LogP contribution in [0.15, 0.2) is 17.5 Å². The second-order valence-corrected chi connectivity index (χ2v) is 7.07. The normalized spacial score (nSPS) is 19.7. The third kappa shape index (κ3) is 3.67. The van der Waals surface area contributed by atoms with Crippen molar-refractivity contribution in [2.75, 3.05) is 25.6 Å². The number of anilines is 1. The molecule has 0 aromatic carbocycles. The number of rotatable bonds is 5. The molecule has 26 heavy (non-hydrogen) atoms. The van der Waals surface area contributed by atoms with Crippen LogP contribution < -0.4 is 10.6 Å². The number of methoxy groups -OCH3 is 1. The first-order valence-corrected chi connectivity index (χ1v) is 9.00. The van der Waals surface area contributed by atoms with E-state index in [-0.39, 0.29) is 36.1 Å². The van der Waals surface area contributed by atoms with Gasteiger partial charge in [0.1, 0.15) is 10.8 Å². The lowest BCUT2D eigenvalue weighted by atomic mass is 10.0. The average Bonchev–Trinajstić information content (AvgIpc) is 3.22. The predicted octanol–water partition coefficient (Wildman–Crippen LogP) is 3.63. The number of carbonyl (C=O) groups is 1. The number of aromatic nitrogens is 2. The third-order valence-corrected chi connectivity index (χ3v) is 5.33. The molecule has 0 unspecified atom stereocenters. The minimum atomic E-state index is -4.52. The summed E-state index contributed by atoms with van der Waals surface area (Å²) in [5.74, 6) is -0.653. The van der Waals surface area contributed by atoms with Crippen molar-refractivity contribution in [3.63, 3.8) is 0 Å². The van der Waals surface area contributed by atoms with Crippen molar-refractivity contribution in [2.45, 2.75) is 24.7 Å². The number of carbonyl (C=O) groups excluding carboxylic acids is 1. The molecule has 0 bridgehead atoms. The van der Waals surface area contributed by atoms with Crippen LogP contribution in [0.3, 0.4) is 0 Å². The number of halogens is 4. The van der Waals surface area contributed by atoms with Gasteiger partial charge >= 0.3 is 6.18 Å². The minimum Gasteiger partial charge on any atom is -0.383 e. The van der Waals surface area contributed by atoms with Crippen LogP contribution in [0.1, 0.15) is 33.9 Å². The molecule has 11 heteroatoms. The summed E-state index contributed by atoms with van der Waals surface area (Å²) in [5, 5.41) is 11.0. The van der Waals surface area contributed by atoms with E-state index in [0.29, 0.717) is 0 Å². The molecule has 1 aliphatic rings. The summed E-state index contributed by atoms with van der Waals surface area (Å²) in [5.41, 5.74) is -0.244. The molecule has 2 atom stereocenters. The molecule has 2 aromatic heterocycles. The quantitative estimate of drug-likeness (QED) is 0.741. The van der Waals surface area contributed by atoms with Crippen LogP contribution >= 0.6 is 22.9 Å². The Labute approximate surface area is 156 Å². The molecule has 0 spiro atoms. The summed E-state index contributed by atoms with van der Waals surface area (Å²) in [6.45, 7) is 0.461. The van der Waals surface area contributed by atoms with Gasteiger partial charge in [-0.2, -0.15) is 18.3 Å². The molecule has 1 amide bonds. The monoisotopic (exact) mass is 408 g/mol. The van der Waals surface area contributed by atoms with Gasteiger partial charge in [0.15, 0.2) is 11.7 Å². The Bertz CT molecular complexity index is 779. The zero-order valence-electron chi connectivity index (χ0n) is 13.6. The van der Waals surface area contributed by atoms with Crippen LogP contribution in [-0.4, -0.2) is 42.1 Å². The fourth-order valence-corrected chi connectivity index (χ4v) is 3.82. The molecule has 3 rings (SSSR count). The average molecular weight is 409 g/mol. The van der Waals surface area contributed by atoms with Crippen LogP contribution in [0.5, 0.6) is 0 Å². The number of alkyl halides is 3. The second-order valence-electron chi connectivity index (χ2n) is 5.71. The summed E-state index contributed by atoms with van der Waals surface area (Å²) in [6.07, 6.45) is -4.76. The van der Waals surface area contributed by atoms with E-state index < -0.39 is 24.2 Å². The molecule has 6 nitrogen and oxygen atoms in total. The van der Waals surface area contributed by atoms with Crippen LogP contribution in [0.4, 0.5) is 19.0 Å². The Balaban J connectivity index is 1.95. The maximum Gasteiger partial charge on any atom is 0.410 e. The van der Waals surface area contributed by atoms with Crippen LogP contribution in [0.25, 0.3) is 0 Å². The molecular weight excluding hydrogens is 393 g/mol. The maximum absolute atomic E-state index is 13.6. The van der Waals surface area contributed by atoms with Gasteiger partial charge in [-0.1, -0.05) is 17.7 Å². The highest BCUT2D eigenvalue weighted by Gasteiger charge is 2.48. The van der Waals surface area contributed by atoms with Crippen molar-refractivity contribution in [1.82, 2.24) is 15.1 Å². The van der Waals surface area contributed by atoms with E-state index in [1.807, 2.05) is 0 Å². The molecule has 3 heterocycles. The molecule has 142 valence electrons. The van der Waals surface area contributed by atoms with Crippen molar-refractivity contribution in [3.8, 4) is 0 Å². The molecule has 0 radical (unpaired) electrons. The van der Waals surface area contributed by atoms with E-state index in [0.717, 1.165) is 9.56 Å². The highest BCUT2D eigenvalue weighted by Crippen LogP contribution is 2.46. The first-order valence-electron chi connectivity index (χ1n) is 7.74. The molecule has 0 saturated heterocycles. The summed E-state index contributed by atoms with van der Waals surface area (Å²) in [4.78, 5) is 12.9. The number of nitrogens with zero attached hydrogens (tertiary/aromatic N) is 2. The van der Waals surface area contributed by atoms with E-state index in [1.54, 1.807) is 17.5 Å². The zero-order chi connectivity index (χ0) is 18.9. The number of ether oxygens (including phenoxy) is 1. The molecule has 1 aliphatic heterocycles. The molecule has 0 aliphatic carbocycles. The third-order valence-electron chi connectivity index (χ3n) is 3.99. The van der Waals surface area contributed by atoms with Crippen molar-refractivity contribution in [1.29, 1.82) is 0 Å². The first kappa shape index (κ1) is 19.0. The van der Waals surface area contributed by atoms with Gasteiger partial charge in [0.2, 0.25) is 0 Å². The largest absolute Gasteiger partial charge is 0.410 e. The van der Waals surface area contributed by atoms with E-state index in [1.165, 1.54) is 18.4 Å². The van der Waals surface area contributed by atoms with E-state index in [2.05, 4.69) is 15.7 Å². The molecule has 2 N–H and O–H groups in total. The van der Waals surface area contributed by atoms with E-state index >= 15 is 0 Å². The number of amides is 1. The summed E-state index contributed by atoms with van der Waals surface area (Å²) in [6, 6.07) is 1.09. The van der Waals surface area contributed by atoms with E-state index in [4.69, 9.17) is 16.3 Å².